The fourth-order valence-corrected chi connectivity index (χ4v) is 1.95. The minimum Gasteiger partial charge on any atom is -0.335 e. The highest BCUT2D eigenvalue weighted by Gasteiger charge is 2.14. The number of imidazole rings is 1. The van der Waals surface area contributed by atoms with Crippen LogP contribution in [0.5, 0.6) is 0 Å². The first kappa shape index (κ1) is 7.44. The number of hydrogen-bond acceptors (Lipinski definition) is 2. The van der Waals surface area contributed by atoms with Gasteiger partial charge in [-0.1, -0.05) is 24.3 Å². The number of nitrogens with zero attached hydrogens (tertiary/aromatic N) is 2. The molecule has 2 heterocycles. The summed E-state index contributed by atoms with van der Waals surface area (Å²) in [6, 6.07) is 5.74. The normalized spacial score (nSPS) is 13.7. The molecule has 2 N–H and O–H groups in total. The zero-order valence-electron chi connectivity index (χ0n) is 7.47. The lowest BCUT2D eigenvalue weighted by molar-refractivity contribution is 0.767. The van der Waals surface area contributed by atoms with E-state index in [-0.39, 0.29) is 5.69 Å². The SMILES string of the molecule is Nn1c(=O)n2c3c(cccc31)C=CC2. The van der Waals surface area contributed by atoms with Gasteiger partial charge < -0.3 is 5.84 Å². The van der Waals surface area contributed by atoms with Crippen molar-refractivity contribution >= 4 is 17.1 Å². The van der Waals surface area contributed by atoms with Crippen molar-refractivity contribution in [3.63, 3.8) is 0 Å². The molecule has 1 aromatic heterocycles. The summed E-state index contributed by atoms with van der Waals surface area (Å²) in [4.78, 5) is 11.7. The molecular formula is C10H9N3O. The lowest BCUT2D eigenvalue weighted by Gasteiger charge is -2.06. The summed E-state index contributed by atoms with van der Waals surface area (Å²) < 4.78 is 2.89. The molecule has 0 saturated heterocycles. The quantitative estimate of drug-likeness (QED) is 0.612. The Morgan fingerprint density at radius 1 is 1.36 bits per heavy atom. The maximum Gasteiger partial charge on any atom is 0.347 e. The topological polar surface area (TPSA) is 52.9 Å². The molecule has 70 valence electrons. The number of benzene rings is 1. The molecule has 0 atom stereocenters. The van der Waals surface area contributed by atoms with Crippen LogP contribution in [0.15, 0.2) is 29.1 Å². The van der Waals surface area contributed by atoms with E-state index in [1.807, 2.05) is 30.4 Å². The van der Waals surface area contributed by atoms with Crippen LogP contribution in [-0.4, -0.2) is 9.24 Å². The Bertz CT molecular complexity index is 604. The van der Waals surface area contributed by atoms with E-state index >= 15 is 0 Å². The molecule has 3 rings (SSSR count). The molecule has 14 heavy (non-hydrogen) atoms. The molecule has 2 aromatic rings. The molecule has 0 radical (unpaired) electrons. The molecule has 0 unspecified atom stereocenters. The van der Waals surface area contributed by atoms with Gasteiger partial charge in [-0.05, 0) is 6.07 Å². The average Bonchev–Trinajstić information content (AvgIpc) is 2.47. The van der Waals surface area contributed by atoms with Crippen LogP contribution in [0, 0.1) is 0 Å². The van der Waals surface area contributed by atoms with Gasteiger partial charge in [-0.15, -0.1) is 0 Å². The minimum absolute atomic E-state index is 0.156. The predicted molar refractivity (Wildman–Crippen MR) is 55.4 cm³/mol. The summed E-state index contributed by atoms with van der Waals surface area (Å²) in [6.07, 6.45) is 3.98. The van der Waals surface area contributed by atoms with Crippen LogP contribution in [0.25, 0.3) is 17.1 Å². The number of rotatable bonds is 0. The van der Waals surface area contributed by atoms with Crippen molar-refractivity contribution in [2.24, 2.45) is 0 Å². The Morgan fingerprint density at radius 2 is 2.21 bits per heavy atom. The summed E-state index contributed by atoms with van der Waals surface area (Å²) in [7, 11) is 0. The van der Waals surface area contributed by atoms with E-state index in [9.17, 15) is 4.79 Å². The predicted octanol–water partition coefficient (Wildman–Crippen LogP) is 0.544. The van der Waals surface area contributed by atoms with Crippen LogP contribution < -0.4 is 11.5 Å². The fraction of sp³-hybridized carbons (Fsp3) is 0.100. The lowest BCUT2D eigenvalue weighted by Crippen LogP contribution is -2.29. The number of allylic oxidation sites excluding steroid dienone is 1. The number of nitrogens with two attached hydrogens (primary N) is 1. The molecule has 1 aliphatic rings. The zero-order valence-corrected chi connectivity index (χ0v) is 7.47. The summed E-state index contributed by atoms with van der Waals surface area (Å²) in [5.41, 5.74) is 2.62. The third-order valence-corrected chi connectivity index (χ3v) is 2.60. The highest BCUT2D eigenvalue weighted by Crippen LogP contribution is 2.21. The van der Waals surface area contributed by atoms with Crippen molar-refractivity contribution in [3.05, 3.63) is 40.3 Å². The summed E-state index contributed by atoms with van der Waals surface area (Å²) in [6.45, 7) is 0.608. The lowest BCUT2D eigenvalue weighted by atomic mass is 10.1. The van der Waals surface area contributed by atoms with Crippen LogP contribution in [0.1, 0.15) is 5.56 Å². The van der Waals surface area contributed by atoms with Crippen molar-refractivity contribution in [2.45, 2.75) is 6.54 Å². The molecule has 0 fully saturated rings. The van der Waals surface area contributed by atoms with E-state index < -0.39 is 0 Å². The largest absolute Gasteiger partial charge is 0.347 e. The Morgan fingerprint density at radius 3 is 3.07 bits per heavy atom. The monoisotopic (exact) mass is 187 g/mol. The summed E-state index contributed by atoms with van der Waals surface area (Å²) in [5, 5.41) is 0. The van der Waals surface area contributed by atoms with Gasteiger partial charge >= 0.3 is 5.69 Å². The third-order valence-electron chi connectivity index (χ3n) is 2.60. The minimum atomic E-state index is -0.156. The first-order valence-electron chi connectivity index (χ1n) is 4.45. The molecular weight excluding hydrogens is 178 g/mol. The molecule has 0 bridgehead atoms. The van der Waals surface area contributed by atoms with Gasteiger partial charge in [0.1, 0.15) is 0 Å². The molecule has 4 heteroatoms. The second-order valence-corrected chi connectivity index (χ2v) is 3.38. The van der Waals surface area contributed by atoms with Crippen molar-refractivity contribution in [1.82, 2.24) is 9.24 Å². The molecule has 0 spiro atoms. The number of hydrogen-bond donors (Lipinski definition) is 1. The number of para-hydroxylation sites is 1. The number of aromatic nitrogens is 2. The maximum atomic E-state index is 11.7. The van der Waals surface area contributed by atoms with Crippen molar-refractivity contribution in [2.75, 3.05) is 5.84 Å². The standard InChI is InChI=1S/C10H9N3O/c11-13-8-5-1-3-7-4-2-6-12(9(7)8)10(13)14/h1-5H,6,11H2. The molecule has 0 aliphatic carbocycles. The second kappa shape index (κ2) is 2.29. The fourth-order valence-electron chi connectivity index (χ4n) is 1.95. The van der Waals surface area contributed by atoms with Crippen LogP contribution in [0.3, 0.4) is 0 Å². The Hall–Kier alpha value is -1.97. The molecule has 0 saturated carbocycles. The number of nitrogen functional groups attached to an aromatic ring is 1. The van der Waals surface area contributed by atoms with Gasteiger partial charge in [-0.3, -0.25) is 4.57 Å². The van der Waals surface area contributed by atoms with Crippen LogP contribution in [0.4, 0.5) is 0 Å². The van der Waals surface area contributed by atoms with Crippen LogP contribution in [0.2, 0.25) is 0 Å². The van der Waals surface area contributed by atoms with Crippen molar-refractivity contribution < 1.29 is 0 Å². The maximum absolute atomic E-state index is 11.7. The van der Waals surface area contributed by atoms with Gasteiger partial charge in [0.2, 0.25) is 0 Å². The van der Waals surface area contributed by atoms with Gasteiger partial charge in [0, 0.05) is 12.1 Å². The zero-order chi connectivity index (χ0) is 9.71. The van der Waals surface area contributed by atoms with E-state index in [0.29, 0.717) is 6.54 Å². The average molecular weight is 187 g/mol. The van der Waals surface area contributed by atoms with Crippen molar-refractivity contribution in [3.8, 4) is 0 Å². The smallest absolute Gasteiger partial charge is 0.335 e. The van der Waals surface area contributed by atoms with E-state index in [4.69, 9.17) is 5.84 Å². The summed E-state index contributed by atoms with van der Waals surface area (Å²) in [5.74, 6) is 5.67. The first-order valence-corrected chi connectivity index (χ1v) is 4.45. The van der Waals surface area contributed by atoms with Gasteiger partial charge in [-0.25, -0.2) is 9.47 Å². The molecule has 0 amide bonds. The summed E-state index contributed by atoms with van der Waals surface area (Å²) >= 11 is 0. The van der Waals surface area contributed by atoms with E-state index in [1.165, 1.54) is 4.68 Å². The first-order chi connectivity index (χ1) is 6.79. The van der Waals surface area contributed by atoms with Crippen LogP contribution in [-0.2, 0) is 6.54 Å². The molecule has 4 nitrogen and oxygen atoms in total. The Labute approximate surface area is 79.8 Å². The van der Waals surface area contributed by atoms with Gasteiger partial charge in [0.05, 0.1) is 11.0 Å². The Balaban J connectivity index is 2.66. The Kier molecular flexibility index (Phi) is 1.21. The van der Waals surface area contributed by atoms with Crippen LogP contribution >= 0.6 is 0 Å². The molecule has 1 aromatic carbocycles. The van der Waals surface area contributed by atoms with Gasteiger partial charge in [0.15, 0.2) is 0 Å². The third kappa shape index (κ3) is 0.706. The van der Waals surface area contributed by atoms with E-state index in [2.05, 4.69) is 0 Å². The van der Waals surface area contributed by atoms with E-state index in [1.54, 1.807) is 4.57 Å². The van der Waals surface area contributed by atoms with Gasteiger partial charge in [-0.2, -0.15) is 0 Å². The highest BCUT2D eigenvalue weighted by molar-refractivity contribution is 5.86. The molecule has 1 aliphatic heterocycles. The van der Waals surface area contributed by atoms with E-state index in [0.717, 1.165) is 16.6 Å². The second-order valence-electron chi connectivity index (χ2n) is 3.38. The highest BCUT2D eigenvalue weighted by atomic mass is 16.2. The van der Waals surface area contributed by atoms with Gasteiger partial charge in [0.25, 0.3) is 0 Å². The van der Waals surface area contributed by atoms with Crippen molar-refractivity contribution in [1.29, 1.82) is 0 Å².